The Labute approximate surface area is 204 Å². The lowest BCUT2D eigenvalue weighted by atomic mass is 10.2. The lowest BCUT2D eigenvalue weighted by molar-refractivity contribution is 0.251. The fourth-order valence-corrected chi connectivity index (χ4v) is 4.30. The van der Waals surface area contributed by atoms with Gasteiger partial charge < -0.3 is 10.6 Å². The summed E-state index contributed by atoms with van der Waals surface area (Å²) in [7, 11) is 0. The van der Waals surface area contributed by atoms with Gasteiger partial charge in [-0.1, -0.05) is 59.8 Å². The molecule has 0 unspecified atom stereocenters. The molecule has 0 aliphatic rings. The minimum Gasteiger partial charge on any atom is -0.331 e. The van der Waals surface area contributed by atoms with Crippen molar-refractivity contribution in [3.63, 3.8) is 0 Å². The minimum atomic E-state index is -0.868. The van der Waals surface area contributed by atoms with Crippen molar-refractivity contribution in [2.24, 2.45) is 0 Å². The van der Waals surface area contributed by atoms with Crippen molar-refractivity contribution >= 4 is 35.1 Å². The number of anilines is 1. The van der Waals surface area contributed by atoms with Crippen molar-refractivity contribution in [2.75, 3.05) is 5.32 Å². The zero-order valence-corrected chi connectivity index (χ0v) is 19.6. The van der Waals surface area contributed by atoms with Gasteiger partial charge in [0, 0.05) is 16.8 Å². The Morgan fingerprint density at radius 3 is 2.62 bits per heavy atom. The molecule has 0 saturated carbocycles. The Bertz CT molecular complexity index is 1320. The number of urea groups is 1. The zero-order chi connectivity index (χ0) is 24.1. The summed E-state index contributed by atoms with van der Waals surface area (Å²) in [6, 6.07) is 17.7. The number of rotatable bonds is 7. The standard InChI is InChI=1S/C24H20ClF2N5OS/c1-15-7-8-17(25)11-21(15)32-22(30-31-24(32)34-14-16-5-3-2-4-6-16)13-28-23(33)29-20-10-9-18(26)12-19(20)27/h2-12H,13-14H2,1H3,(H2,28,29,33). The second-order valence-corrected chi connectivity index (χ2v) is 8.75. The number of aryl methyl sites for hydroxylation is 1. The first-order valence-corrected chi connectivity index (χ1v) is 11.6. The van der Waals surface area contributed by atoms with E-state index in [1.54, 1.807) is 6.07 Å². The van der Waals surface area contributed by atoms with Crippen LogP contribution in [0.2, 0.25) is 5.02 Å². The molecule has 0 fully saturated rings. The maximum Gasteiger partial charge on any atom is 0.319 e. The molecule has 0 bridgehead atoms. The number of carbonyl (C=O) groups is 1. The van der Waals surface area contributed by atoms with Crippen LogP contribution in [0.3, 0.4) is 0 Å². The fraction of sp³-hybridized carbons (Fsp3) is 0.125. The van der Waals surface area contributed by atoms with Crippen molar-refractivity contribution in [3.8, 4) is 5.69 Å². The molecular formula is C24H20ClF2N5OS. The van der Waals surface area contributed by atoms with Crippen molar-refractivity contribution < 1.29 is 13.6 Å². The van der Waals surface area contributed by atoms with E-state index in [9.17, 15) is 13.6 Å². The van der Waals surface area contributed by atoms with E-state index >= 15 is 0 Å². The lowest BCUT2D eigenvalue weighted by Gasteiger charge is -2.14. The fourth-order valence-electron chi connectivity index (χ4n) is 3.21. The summed E-state index contributed by atoms with van der Waals surface area (Å²) < 4.78 is 28.8. The predicted molar refractivity (Wildman–Crippen MR) is 129 cm³/mol. The molecule has 2 amide bonds. The molecule has 0 aliphatic heterocycles. The lowest BCUT2D eigenvalue weighted by Crippen LogP contribution is -2.29. The number of benzene rings is 3. The normalized spacial score (nSPS) is 10.8. The molecule has 6 nitrogen and oxygen atoms in total. The third-order valence-electron chi connectivity index (χ3n) is 4.91. The minimum absolute atomic E-state index is 0.0134. The number of carbonyl (C=O) groups excluding carboxylic acids is 1. The summed E-state index contributed by atoms with van der Waals surface area (Å²) in [6.45, 7) is 1.96. The average molecular weight is 500 g/mol. The second-order valence-electron chi connectivity index (χ2n) is 7.37. The number of thioether (sulfide) groups is 1. The van der Waals surface area contributed by atoms with Crippen LogP contribution in [-0.2, 0) is 12.3 Å². The summed E-state index contributed by atoms with van der Waals surface area (Å²) in [5, 5.41) is 14.8. The first-order chi connectivity index (χ1) is 16.4. The van der Waals surface area contributed by atoms with E-state index in [1.165, 1.54) is 11.8 Å². The van der Waals surface area contributed by atoms with Crippen LogP contribution >= 0.6 is 23.4 Å². The summed E-state index contributed by atoms with van der Waals surface area (Å²) >= 11 is 7.76. The maximum atomic E-state index is 13.8. The Kier molecular flexibility index (Phi) is 7.44. The molecule has 0 aliphatic carbocycles. The van der Waals surface area contributed by atoms with Crippen molar-refractivity contribution in [2.45, 2.75) is 24.4 Å². The molecule has 3 aromatic carbocycles. The molecule has 1 heterocycles. The van der Waals surface area contributed by atoms with Crippen LogP contribution < -0.4 is 10.6 Å². The van der Waals surface area contributed by atoms with E-state index in [1.807, 2.05) is 54.0 Å². The summed E-state index contributed by atoms with van der Waals surface area (Å²) in [5.74, 6) is -0.451. The number of aromatic nitrogens is 3. The van der Waals surface area contributed by atoms with Crippen LogP contribution in [-0.4, -0.2) is 20.8 Å². The Balaban J connectivity index is 1.55. The molecule has 4 aromatic rings. The van der Waals surface area contributed by atoms with E-state index in [2.05, 4.69) is 20.8 Å². The molecule has 10 heteroatoms. The van der Waals surface area contributed by atoms with Gasteiger partial charge in [0.25, 0.3) is 0 Å². The van der Waals surface area contributed by atoms with Gasteiger partial charge in [0.15, 0.2) is 11.0 Å². The van der Waals surface area contributed by atoms with Gasteiger partial charge in [-0.2, -0.15) is 0 Å². The van der Waals surface area contributed by atoms with E-state index < -0.39 is 17.7 Å². The molecule has 0 atom stereocenters. The Morgan fingerprint density at radius 2 is 1.85 bits per heavy atom. The molecule has 4 rings (SSSR count). The Morgan fingerprint density at radius 1 is 1.06 bits per heavy atom. The summed E-state index contributed by atoms with van der Waals surface area (Å²) in [4.78, 5) is 12.3. The van der Waals surface area contributed by atoms with Gasteiger partial charge >= 0.3 is 6.03 Å². The van der Waals surface area contributed by atoms with Gasteiger partial charge in [0.05, 0.1) is 17.9 Å². The number of hydrogen-bond acceptors (Lipinski definition) is 4. The number of halogens is 3. The highest BCUT2D eigenvalue weighted by Crippen LogP contribution is 2.28. The van der Waals surface area contributed by atoms with E-state index in [0.29, 0.717) is 27.8 Å². The highest BCUT2D eigenvalue weighted by Gasteiger charge is 2.18. The molecule has 1 aromatic heterocycles. The average Bonchev–Trinajstić information content (AvgIpc) is 3.23. The van der Waals surface area contributed by atoms with E-state index in [-0.39, 0.29) is 12.2 Å². The topological polar surface area (TPSA) is 71.8 Å². The molecule has 0 spiro atoms. The molecule has 0 radical (unpaired) electrons. The van der Waals surface area contributed by atoms with Crippen LogP contribution in [0.4, 0.5) is 19.3 Å². The van der Waals surface area contributed by atoms with Crippen molar-refractivity contribution in [1.29, 1.82) is 0 Å². The number of nitrogens with one attached hydrogen (secondary N) is 2. The zero-order valence-electron chi connectivity index (χ0n) is 18.1. The molecular weight excluding hydrogens is 480 g/mol. The van der Waals surface area contributed by atoms with Gasteiger partial charge in [-0.3, -0.25) is 4.57 Å². The third-order valence-corrected chi connectivity index (χ3v) is 6.14. The Hall–Kier alpha value is -3.43. The first-order valence-electron chi connectivity index (χ1n) is 10.3. The van der Waals surface area contributed by atoms with Gasteiger partial charge in [-0.25, -0.2) is 13.6 Å². The molecule has 34 heavy (non-hydrogen) atoms. The molecule has 0 saturated heterocycles. The summed E-state index contributed by atoms with van der Waals surface area (Å²) in [5.41, 5.74) is 2.73. The van der Waals surface area contributed by atoms with Crippen LogP contribution in [0.25, 0.3) is 5.69 Å². The van der Waals surface area contributed by atoms with Crippen LogP contribution in [0.1, 0.15) is 17.0 Å². The second kappa shape index (κ2) is 10.7. The quantitative estimate of drug-likeness (QED) is 0.300. The first kappa shape index (κ1) is 23.7. The predicted octanol–water partition coefficient (Wildman–Crippen LogP) is 6.12. The van der Waals surface area contributed by atoms with Gasteiger partial charge in [0.1, 0.15) is 11.6 Å². The van der Waals surface area contributed by atoms with Crippen LogP contribution in [0.15, 0.2) is 71.9 Å². The van der Waals surface area contributed by atoms with E-state index in [4.69, 9.17) is 11.6 Å². The summed E-state index contributed by atoms with van der Waals surface area (Å²) in [6.07, 6.45) is 0. The monoisotopic (exact) mass is 499 g/mol. The van der Waals surface area contributed by atoms with Crippen LogP contribution in [0, 0.1) is 18.6 Å². The van der Waals surface area contributed by atoms with Crippen molar-refractivity contribution in [1.82, 2.24) is 20.1 Å². The number of amides is 2. The molecule has 2 N–H and O–H groups in total. The van der Waals surface area contributed by atoms with Gasteiger partial charge in [-0.05, 0) is 42.3 Å². The number of hydrogen-bond donors (Lipinski definition) is 2. The van der Waals surface area contributed by atoms with Crippen molar-refractivity contribution in [3.05, 3.63) is 100 Å². The molecule has 174 valence electrons. The smallest absolute Gasteiger partial charge is 0.319 e. The maximum absolute atomic E-state index is 13.8. The van der Waals surface area contributed by atoms with Gasteiger partial charge in [0.2, 0.25) is 0 Å². The third kappa shape index (κ3) is 5.73. The highest BCUT2D eigenvalue weighted by molar-refractivity contribution is 7.98. The SMILES string of the molecule is Cc1ccc(Cl)cc1-n1c(CNC(=O)Nc2ccc(F)cc2F)nnc1SCc1ccccc1. The van der Waals surface area contributed by atoms with E-state index in [0.717, 1.165) is 28.9 Å². The largest absolute Gasteiger partial charge is 0.331 e. The van der Waals surface area contributed by atoms with Gasteiger partial charge in [-0.15, -0.1) is 10.2 Å². The highest BCUT2D eigenvalue weighted by atomic mass is 35.5. The van der Waals surface area contributed by atoms with Crippen LogP contribution in [0.5, 0.6) is 0 Å². The number of nitrogens with zero attached hydrogens (tertiary/aromatic N) is 3.